The van der Waals surface area contributed by atoms with Gasteiger partial charge in [-0.3, -0.25) is 0 Å². The number of methoxy groups -OCH3 is 1. The molecule has 2 heteroatoms. The van der Waals surface area contributed by atoms with Crippen molar-refractivity contribution in [2.75, 3.05) is 13.7 Å². The molecule has 0 heterocycles. The fourth-order valence-corrected chi connectivity index (χ4v) is 0.769. The zero-order chi connectivity index (χ0) is 8.04. The van der Waals surface area contributed by atoms with Crippen molar-refractivity contribution in [2.45, 2.75) is 26.1 Å². The molecular weight excluding hydrogens is 128 g/mol. The van der Waals surface area contributed by atoms with Crippen molar-refractivity contribution in [3.8, 4) is 0 Å². The largest absolute Gasteiger partial charge is 0.353 e. The highest BCUT2D eigenvalue weighted by atomic mass is 16.7. The molecule has 0 aromatic heterocycles. The van der Waals surface area contributed by atoms with Crippen LogP contribution in [0.25, 0.3) is 0 Å². The molecule has 10 heavy (non-hydrogen) atoms. The van der Waals surface area contributed by atoms with Gasteiger partial charge in [0, 0.05) is 20.1 Å². The smallest absolute Gasteiger partial charge is 0.168 e. The number of ether oxygens (including phenoxy) is 2. The van der Waals surface area contributed by atoms with Gasteiger partial charge in [-0.15, -0.1) is 6.58 Å². The van der Waals surface area contributed by atoms with Crippen LogP contribution in [0.3, 0.4) is 0 Å². The summed E-state index contributed by atoms with van der Waals surface area (Å²) in [5, 5.41) is 0. The van der Waals surface area contributed by atoms with Gasteiger partial charge in [-0.1, -0.05) is 6.08 Å². The SMILES string of the molecule is C=CCC(C)(OC)OCC. The van der Waals surface area contributed by atoms with Gasteiger partial charge in [0.1, 0.15) is 0 Å². The monoisotopic (exact) mass is 144 g/mol. The van der Waals surface area contributed by atoms with Crippen LogP contribution in [0.15, 0.2) is 12.7 Å². The summed E-state index contributed by atoms with van der Waals surface area (Å²) in [6.45, 7) is 8.13. The van der Waals surface area contributed by atoms with Crippen LogP contribution in [-0.4, -0.2) is 19.5 Å². The summed E-state index contributed by atoms with van der Waals surface area (Å²) in [7, 11) is 1.64. The predicted octanol–water partition coefficient (Wildman–Crippen LogP) is 1.96. The van der Waals surface area contributed by atoms with Crippen molar-refractivity contribution >= 4 is 0 Å². The Morgan fingerprint density at radius 2 is 2.20 bits per heavy atom. The molecule has 0 aromatic carbocycles. The molecule has 1 atom stereocenters. The zero-order valence-corrected chi connectivity index (χ0v) is 7.02. The van der Waals surface area contributed by atoms with Crippen LogP contribution >= 0.6 is 0 Å². The molecule has 0 saturated carbocycles. The van der Waals surface area contributed by atoms with E-state index in [9.17, 15) is 0 Å². The van der Waals surface area contributed by atoms with E-state index in [1.807, 2.05) is 13.8 Å². The van der Waals surface area contributed by atoms with Crippen LogP contribution in [0, 0.1) is 0 Å². The summed E-state index contributed by atoms with van der Waals surface area (Å²) < 4.78 is 10.5. The van der Waals surface area contributed by atoms with Crippen LogP contribution in [0.1, 0.15) is 20.3 Å². The van der Waals surface area contributed by atoms with E-state index in [2.05, 4.69) is 6.58 Å². The number of hydrogen-bond acceptors (Lipinski definition) is 2. The number of rotatable bonds is 5. The highest BCUT2D eigenvalue weighted by Gasteiger charge is 2.20. The first-order valence-corrected chi connectivity index (χ1v) is 3.48. The fourth-order valence-electron chi connectivity index (χ4n) is 0.769. The fraction of sp³-hybridized carbons (Fsp3) is 0.750. The Morgan fingerprint density at radius 1 is 1.60 bits per heavy atom. The molecule has 0 bridgehead atoms. The van der Waals surface area contributed by atoms with E-state index in [0.717, 1.165) is 6.42 Å². The Morgan fingerprint density at radius 3 is 2.50 bits per heavy atom. The van der Waals surface area contributed by atoms with Gasteiger partial charge >= 0.3 is 0 Å². The lowest BCUT2D eigenvalue weighted by Crippen LogP contribution is -2.30. The minimum Gasteiger partial charge on any atom is -0.353 e. The standard InChI is InChI=1S/C8H16O2/c1-5-7-8(3,9-4)10-6-2/h5H,1,6-7H2,2-4H3. The van der Waals surface area contributed by atoms with Gasteiger partial charge in [-0.25, -0.2) is 0 Å². The van der Waals surface area contributed by atoms with Crippen molar-refractivity contribution in [3.05, 3.63) is 12.7 Å². The van der Waals surface area contributed by atoms with E-state index in [1.165, 1.54) is 0 Å². The second-order valence-electron chi connectivity index (χ2n) is 2.26. The first-order chi connectivity index (χ1) is 4.68. The lowest BCUT2D eigenvalue weighted by molar-refractivity contribution is -0.204. The first kappa shape index (κ1) is 9.66. The maximum Gasteiger partial charge on any atom is 0.168 e. The average molecular weight is 144 g/mol. The zero-order valence-electron chi connectivity index (χ0n) is 7.02. The quantitative estimate of drug-likeness (QED) is 0.434. The van der Waals surface area contributed by atoms with Crippen molar-refractivity contribution in [2.24, 2.45) is 0 Å². The molecule has 0 aliphatic rings. The minimum absolute atomic E-state index is 0.476. The molecule has 0 N–H and O–H groups in total. The summed E-state index contributed by atoms with van der Waals surface area (Å²) in [6.07, 6.45) is 2.51. The molecule has 0 spiro atoms. The second-order valence-corrected chi connectivity index (χ2v) is 2.26. The Kier molecular flexibility index (Phi) is 4.32. The Labute approximate surface area is 62.8 Å². The maximum atomic E-state index is 5.33. The van der Waals surface area contributed by atoms with E-state index in [-0.39, 0.29) is 0 Å². The summed E-state index contributed by atoms with van der Waals surface area (Å²) in [4.78, 5) is 0. The highest BCUT2D eigenvalue weighted by Crippen LogP contribution is 2.15. The van der Waals surface area contributed by atoms with Crippen LogP contribution in [-0.2, 0) is 9.47 Å². The molecule has 1 unspecified atom stereocenters. The molecule has 0 radical (unpaired) electrons. The predicted molar refractivity (Wildman–Crippen MR) is 41.9 cm³/mol. The molecule has 0 saturated heterocycles. The van der Waals surface area contributed by atoms with E-state index >= 15 is 0 Å². The molecular formula is C8H16O2. The molecule has 60 valence electrons. The normalized spacial score (nSPS) is 16.3. The van der Waals surface area contributed by atoms with Crippen molar-refractivity contribution < 1.29 is 9.47 Å². The van der Waals surface area contributed by atoms with Crippen molar-refractivity contribution in [1.29, 1.82) is 0 Å². The Bertz CT molecular complexity index is 101. The van der Waals surface area contributed by atoms with Crippen LogP contribution in [0.4, 0.5) is 0 Å². The molecule has 0 rings (SSSR count). The van der Waals surface area contributed by atoms with Gasteiger partial charge in [0.15, 0.2) is 5.79 Å². The molecule has 0 aliphatic carbocycles. The molecule has 0 aromatic rings. The molecule has 0 amide bonds. The van der Waals surface area contributed by atoms with Gasteiger partial charge in [0.2, 0.25) is 0 Å². The molecule has 0 aliphatic heterocycles. The van der Waals surface area contributed by atoms with E-state index in [4.69, 9.17) is 9.47 Å². The van der Waals surface area contributed by atoms with Crippen LogP contribution in [0.5, 0.6) is 0 Å². The summed E-state index contributed by atoms with van der Waals surface area (Å²) in [6, 6.07) is 0. The van der Waals surface area contributed by atoms with Gasteiger partial charge in [0.05, 0.1) is 0 Å². The van der Waals surface area contributed by atoms with E-state index in [1.54, 1.807) is 13.2 Å². The number of hydrogen-bond donors (Lipinski definition) is 0. The average Bonchev–Trinajstić information content (AvgIpc) is 1.89. The van der Waals surface area contributed by atoms with E-state index < -0.39 is 5.79 Å². The van der Waals surface area contributed by atoms with Crippen LogP contribution in [0.2, 0.25) is 0 Å². The second kappa shape index (κ2) is 4.47. The third kappa shape index (κ3) is 2.99. The van der Waals surface area contributed by atoms with Crippen molar-refractivity contribution in [3.63, 3.8) is 0 Å². The summed E-state index contributed by atoms with van der Waals surface area (Å²) in [5.41, 5.74) is 0. The molecule has 2 nitrogen and oxygen atoms in total. The Balaban J connectivity index is 3.80. The topological polar surface area (TPSA) is 18.5 Å². The lowest BCUT2D eigenvalue weighted by Gasteiger charge is -2.26. The summed E-state index contributed by atoms with van der Waals surface area (Å²) in [5.74, 6) is -0.476. The Hall–Kier alpha value is -0.340. The summed E-state index contributed by atoms with van der Waals surface area (Å²) >= 11 is 0. The highest BCUT2D eigenvalue weighted by molar-refractivity contribution is 4.76. The minimum atomic E-state index is -0.476. The lowest BCUT2D eigenvalue weighted by atomic mass is 10.2. The van der Waals surface area contributed by atoms with Crippen molar-refractivity contribution in [1.82, 2.24) is 0 Å². The van der Waals surface area contributed by atoms with Gasteiger partial charge in [0.25, 0.3) is 0 Å². The van der Waals surface area contributed by atoms with Gasteiger partial charge < -0.3 is 9.47 Å². The van der Waals surface area contributed by atoms with Gasteiger partial charge in [-0.2, -0.15) is 0 Å². The first-order valence-electron chi connectivity index (χ1n) is 3.48. The third-order valence-electron chi connectivity index (χ3n) is 1.40. The van der Waals surface area contributed by atoms with E-state index in [0.29, 0.717) is 6.61 Å². The molecule has 0 fully saturated rings. The van der Waals surface area contributed by atoms with Gasteiger partial charge in [-0.05, 0) is 13.8 Å². The van der Waals surface area contributed by atoms with Crippen LogP contribution < -0.4 is 0 Å². The third-order valence-corrected chi connectivity index (χ3v) is 1.40. The maximum absolute atomic E-state index is 5.33.